The van der Waals surface area contributed by atoms with Crippen molar-refractivity contribution in [3.63, 3.8) is 0 Å². The number of nitrogens with one attached hydrogen (secondary N) is 2. The molecular weight excluding hydrogens is 464 g/mol. The molecule has 0 saturated heterocycles. The number of urea groups is 1. The zero-order valence-electron chi connectivity index (χ0n) is 20.3. The monoisotopic (exact) mass is 490 g/mol. The van der Waals surface area contributed by atoms with Crippen LogP contribution in [0.15, 0.2) is 115 Å². The van der Waals surface area contributed by atoms with E-state index in [1.807, 2.05) is 91.0 Å². The molecule has 1 aliphatic heterocycles. The predicted octanol–water partition coefficient (Wildman–Crippen LogP) is 5.92. The van der Waals surface area contributed by atoms with Gasteiger partial charge in [-0.1, -0.05) is 103 Å². The van der Waals surface area contributed by atoms with Crippen molar-refractivity contribution in [3.05, 3.63) is 137 Å². The van der Waals surface area contributed by atoms with E-state index in [1.165, 1.54) is 0 Å². The number of hydrogen-bond donors (Lipinski definition) is 2. The van der Waals surface area contributed by atoms with Crippen LogP contribution in [0.3, 0.4) is 0 Å². The molecule has 1 unspecified atom stereocenters. The molecule has 0 aliphatic carbocycles. The molecule has 37 heavy (non-hydrogen) atoms. The van der Waals surface area contributed by atoms with Crippen LogP contribution in [-0.2, 0) is 6.61 Å². The average Bonchev–Trinajstić information content (AvgIpc) is 2.96. The van der Waals surface area contributed by atoms with Gasteiger partial charge in [-0.15, -0.1) is 0 Å². The van der Waals surface area contributed by atoms with E-state index in [2.05, 4.69) is 10.6 Å². The lowest BCUT2D eigenvalue weighted by molar-refractivity contribution is 0.102. The number of rotatable bonds is 8. The number of hydrogen-bond acceptors (Lipinski definition) is 4. The molecular formula is C31H26N2O4. The summed E-state index contributed by atoms with van der Waals surface area (Å²) in [6.07, 6.45) is 0. The summed E-state index contributed by atoms with van der Waals surface area (Å²) in [5.74, 6) is 0.773. The average molecular weight is 491 g/mol. The zero-order chi connectivity index (χ0) is 25.6. The van der Waals surface area contributed by atoms with E-state index in [1.54, 1.807) is 25.3 Å². The van der Waals surface area contributed by atoms with Gasteiger partial charge in [0.2, 0.25) is 0 Å². The summed E-state index contributed by atoms with van der Waals surface area (Å²) in [5.41, 5.74) is 3.72. The Morgan fingerprint density at radius 3 is 2.14 bits per heavy atom. The summed E-state index contributed by atoms with van der Waals surface area (Å²) in [7, 11) is 1.57. The van der Waals surface area contributed by atoms with Gasteiger partial charge < -0.3 is 20.1 Å². The van der Waals surface area contributed by atoms with E-state index in [4.69, 9.17) is 9.47 Å². The summed E-state index contributed by atoms with van der Waals surface area (Å²) in [6, 6.07) is 32.5. The van der Waals surface area contributed by atoms with Gasteiger partial charge in [0.15, 0.2) is 17.3 Å². The number of benzene rings is 4. The molecule has 4 aromatic carbocycles. The largest absolute Gasteiger partial charge is 0.493 e. The fourth-order valence-electron chi connectivity index (χ4n) is 4.43. The van der Waals surface area contributed by atoms with Crippen molar-refractivity contribution >= 4 is 17.5 Å². The first-order valence-corrected chi connectivity index (χ1v) is 12.0. The van der Waals surface area contributed by atoms with Crippen LogP contribution in [0.2, 0.25) is 0 Å². The molecule has 1 atom stereocenters. The third-order valence-electron chi connectivity index (χ3n) is 6.18. The molecule has 2 amide bonds. The first-order valence-electron chi connectivity index (χ1n) is 12.0. The van der Waals surface area contributed by atoms with Crippen molar-refractivity contribution in [1.82, 2.24) is 10.6 Å². The number of amides is 2. The lowest BCUT2D eigenvalue weighted by Gasteiger charge is -2.31. The van der Waals surface area contributed by atoms with Crippen LogP contribution in [-0.4, -0.2) is 18.9 Å². The third-order valence-corrected chi connectivity index (χ3v) is 6.18. The van der Waals surface area contributed by atoms with Crippen LogP contribution in [0.5, 0.6) is 11.5 Å². The first kappa shape index (κ1) is 23.9. The number of carbonyl (C=O) groups is 2. The van der Waals surface area contributed by atoms with Crippen LogP contribution in [0, 0.1) is 0 Å². The number of carbonyl (C=O) groups excluding carboxylic acids is 2. The minimum atomic E-state index is -0.780. The minimum absolute atomic E-state index is 0.200. The molecule has 0 radical (unpaired) electrons. The SMILES string of the molecule is COc1cccc(C2NC(=O)NC(c3ccccc3)=C2C(=O)c2ccccc2)c1OCc1ccccc1. The highest BCUT2D eigenvalue weighted by Gasteiger charge is 2.36. The van der Waals surface area contributed by atoms with Crippen molar-refractivity contribution in [1.29, 1.82) is 0 Å². The summed E-state index contributed by atoms with van der Waals surface area (Å²) in [4.78, 5) is 26.9. The number of para-hydroxylation sites is 1. The zero-order valence-corrected chi connectivity index (χ0v) is 20.3. The van der Waals surface area contributed by atoms with Gasteiger partial charge in [-0.25, -0.2) is 4.79 Å². The van der Waals surface area contributed by atoms with Crippen LogP contribution in [0.25, 0.3) is 5.70 Å². The molecule has 0 spiro atoms. The maximum Gasteiger partial charge on any atom is 0.320 e. The molecule has 6 heteroatoms. The van der Waals surface area contributed by atoms with Gasteiger partial charge in [0, 0.05) is 11.1 Å². The summed E-state index contributed by atoms with van der Waals surface area (Å²) in [5, 5.41) is 5.83. The van der Waals surface area contributed by atoms with Gasteiger partial charge >= 0.3 is 6.03 Å². The second kappa shape index (κ2) is 10.8. The second-order valence-corrected chi connectivity index (χ2v) is 8.53. The Labute approximate surface area is 215 Å². The van der Waals surface area contributed by atoms with Crippen LogP contribution in [0.1, 0.15) is 33.1 Å². The predicted molar refractivity (Wildman–Crippen MR) is 142 cm³/mol. The molecule has 4 aromatic rings. The van der Waals surface area contributed by atoms with Gasteiger partial charge in [0.05, 0.1) is 24.4 Å². The van der Waals surface area contributed by atoms with Gasteiger partial charge in [0.1, 0.15) is 6.61 Å². The lowest BCUT2D eigenvalue weighted by atomic mass is 9.87. The molecule has 5 rings (SSSR count). The van der Waals surface area contributed by atoms with E-state index < -0.39 is 12.1 Å². The molecule has 1 heterocycles. The minimum Gasteiger partial charge on any atom is -0.493 e. The van der Waals surface area contributed by atoms with Crippen molar-refractivity contribution in [2.75, 3.05) is 7.11 Å². The standard InChI is InChI=1S/C31H26N2O4/c1-36-25-19-11-18-24(30(25)37-20-21-12-5-2-6-13-21)28-26(29(34)23-16-9-4-10-17-23)27(32-31(35)33-28)22-14-7-3-8-15-22/h2-19,28H,20H2,1H3,(H2,32,33,35). The Bertz CT molecular complexity index is 1430. The van der Waals surface area contributed by atoms with Crippen molar-refractivity contribution in [2.24, 2.45) is 0 Å². The summed E-state index contributed by atoms with van der Waals surface area (Å²) >= 11 is 0. The number of ether oxygens (including phenoxy) is 2. The summed E-state index contributed by atoms with van der Waals surface area (Å²) < 4.78 is 11.9. The number of methoxy groups -OCH3 is 1. The molecule has 184 valence electrons. The fraction of sp³-hybridized carbons (Fsp3) is 0.0968. The number of Topliss-reactive ketones (excluding diaryl/α,β-unsaturated/α-hetero) is 1. The van der Waals surface area contributed by atoms with Crippen LogP contribution < -0.4 is 20.1 Å². The molecule has 1 aliphatic rings. The maximum atomic E-state index is 14.0. The Morgan fingerprint density at radius 1 is 0.811 bits per heavy atom. The van der Waals surface area contributed by atoms with E-state index in [-0.39, 0.29) is 5.78 Å². The topological polar surface area (TPSA) is 76.7 Å². The Hall–Kier alpha value is -4.84. The van der Waals surface area contributed by atoms with Crippen LogP contribution in [0.4, 0.5) is 4.79 Å². The van der Waals surface area contributed by atoms with Crippen molar-refractivity contribution in [3.8, 4) is 11.5 Å². The molecule has 0 bridgehead atoms. The van der Waals surface area contributed by atoms with E-state index in [9.17, 15) is 9.59 Å². The maximum absolute atomic E-state index is 14.0. The highest BCUT2D eigenvalue weighted by atomic mass is 16.5. The van der Waals surface area contributed by atoms with Gasteiger partial charge in [0.25, 0.3) is 0 Å². The highest BCUT2D eigenvalue weighted by Crippen LogP contribution is 2.41. The normalized spacial score (nSPS) is 14.9. The second-order valence-electron chi connectivity index (χ2n) is 8.53. The van der Waals surface area contributed by atoms with E-state index in [0.717, 1.165) is 11.1 Å². The van der Waals surface area contributed by atoms with Crippen molar-refractivity contribution in [2.45, 2.75) is 12.6 Å². The third kappa shape index (κ3) is 5.09. The molecule has 0 aromatic heterocycles. The molecule has 2 N–H and O–H groups in total. The smallest absolute Gasteiger partial charge is 0.320 e. The Balaban J connectivity index is 1.67. The van der Waals surface area contributed by atoms with Gasteiger partial charge in [-0.3, -0.25) is 4.79 Å². The Kier molecular flexibility index (Phi) is 6.99. The molecule has 6 nitrogen and oxygen atoms in total. The van der Waals surface area contributed by atoms with Crippen molar-refractivity contribution < 1.29 is 19.1 Å². The van der Waals surface area contributed by atoms with E-state index >= 15 is 0 Å². The van der Waals surface area contributed by atoms with E-state index in [0.29, 0.717) is 40.5 Å². The molecule has 0 fully saturated rings. The Morgan fingerprint density at radius 2 is 1.46 bits per heavy atom. The number of ketones is 1. The van der Waals surface area contributed by atoms with Gasteiger partial charge in [-0.2, -0.15) is 0 Å². The lowest BCUT2D eigenvalue weighted by Crippen LogP contribution is -2.45. The quantitative estimate of drug-likeness (QED) is 0.301. The summed E-state index contributed by atoms with van der Waals surface area (Å²) in [6.45, 7) is 0.296. The van der Waals surface area contributed by atoms with Crippen LogP contribution >= 0.6 is 0 Å². The first-order chi connectivity index (χ1) is 18.2. The van der Waals surface area contributed by atoms with Gasteiger partial charge in [-0.05, 0) is 17.2 Å². The molecule has 0 saturated carbocycles. The highest BCUT2D eigenvalue weighted by molar-refractivity contribution is 6.16. The fourth-order valence-corrected chi connectivity index (χ4v) is 4.43.